The van der Waals surface area contributed by atoms with Gasteiger partial charge in [-0.2, -0.15) is 19.3 Å². The number of rotatable bonds is 6. The van der Waals surface area contributed by atoms with Crippen molar-refractivity contribution in [2.45, 2.75) is 11.4 Å². The molecular formula is C20H21Cl2N7O2S. The van der Waals surface area contributed by atoms with Crippen LogP contribution in [-0.2, 0) is 16.6 Å². The third-order valence-electron chi connectivity index (χ3n) is 4.95. The van der Waals surface area contributed by atoms with Crippen molar-refractivity contribution in [1.82, 2.24) is 24.2 Å². The van der Waals surface area contributed by atoms with E-state index in [2.05, 4.69) is 25.2 Å². The Labute approximate surface area is 196 Å². The lowest BCUT2D eigenvalue weighted by molar-refractivity contribution is 0.178. The van der Waals surface area contributed by atoms with E-state index in [9.17, 15) is 8.42 Å². The van der Waals surface area contributed by atoms with Crippen LogP contribution in [0, 0.1) is 0 Å². The highest BCUT2D eigenvalue weighted by molar-refractivity contribution is 7.89. The van der Waals surface area contributed by atoms with Crippen molar-refractivity contribution in [1.29, 1.82) is 0 Å². The first-order valence-corrected chi connectivity index (χ1v) is 12.0. The van der Waals surface area contributed by atoms with Crippen LogP contribution in [0.4, 0.5) is 17.6 Å². The van der Waals surface area contributed by atoms with Gasteiger partial charge in [-0.25, -0.2) is 8.42 Å². The maximum atomic E-state index is 12.9. The number of aromatic nitrogens is 3. The number of sulfonamides is 1. The molecule has 168 valence electrons. The van der Waals surface area contributed by atoms with Crippen LogP contribution in [0.1, 0.15) is 5.82 Å². The summed E-state index contributed by atoms with van der Waals surface area (Å²) in [4.78, 5) is 15.0. The summed E-state index contributed by atoms with van der Waals surface area (Å²) >= 11 is 12.0. The van der Waals surface area contributed by atoms with Crippen molar-refractivity contribution in [3.05, 3.63) is 64.4 Å². The first-order valence-electron chi connectivity index (χ1n) is 9.81. The molecule has 3 N–H and O–H groups in total. The Morgan fingerprint density at radius 2 is 1.62 bits per heavy atom. The smallest absolute Gasteiger partial charge is 0.244 e. The SMILES string of the molecule is Nc1nc(CN2CCN(S(=O)(=O)c3ccccc3Cl)CC2)nc(Nc2ccc(Cl)cc2)n1. The van der Waals surface area contributed by atoms with Crippen molar-refractivity contribution >= 4 is 50.8 Å². The first kappa shape index (κ1) is 22.7. The summed E-state index contributed by atoms with van der Waals surface area (Å²) in [6.07, 6.45) is 0. The van der Waals surface area contributed by atoms with E-state index in [0.717, 1.165) is 5.69 Å². The fraction of sp³-hybridized carbons (Fsp3) is 0.250. The Bertz CT molecular complexity index is 1200. The molecule has 32 heavy (non-hydrogen) atoms. The van der Waals surface area contributed by atoms with E-state index >= 15 is 0 Å². The van der Waals surface area contributed by atoms with Crippen LogP contribution in [0.25, 0.3) is 0 Å². The minimum Gasteiger partial charge on any atom is -0.368 e. The predicted molar refractivity (Wildman–Crippen MR) is 124 cm³/mol. The fourth-order valence-electron chi connectivity index (χ4n) is 3.35. The van der Waals surface area contributed by atoms with Gasteiger partial charge >= 0.3 is 0 Å². The third-order valence-corrected chi connectivity index (χ3v) is 7.60. The molecule has 2 heterocycles. The molecule has 1 aliphatic heterocycles. The van der Waals surface area contributed by atoms with Crippen LogP contribution in [-0.4, -0.2) is 58.8 Å². The number of anilines is 3. The van der Waals surface area contributed by atoms with Crippen LogP contribution in [0.2, 0.25) is 10.0 Å². The van der Waals surface area contributed by atoms with Gasteiger partial charge in [0.15, 0.2) is 0 Å². The Hall–Kier alpha value is -2.50. The summed E-state index contributed by atoms with van der Waals surface area (Å²) in [7, 11) is -3.65. The molecule has 0 unspecified atom stereocenters. The number of nitrogens with one attached hydrogen (secondary N) is 1. The lowest BCUT2D eigenvalue weighted by atomic mass is 10.3. The standard InChI is InChI=1S/C20H21Cl2N7O2S/c21-14-5-7-15(8-6-14)24-20-26-18(25-19(23)27-20)13-28-9-11-29(12-10-28)32(30,31)17-4-2-1-3-16(17)22/h1-8H,9-13H2,(H3,23,24,25,26,27). The van der Waals surface area contributed by atoms with Gasteiger partial charge in [-0.3, -0.25) is 4.90 Å². The molecule has 0 amide bonds. The van der Waals surface area contributed by atoms with E-state index in [4.69, 9.17) is 28.9 Å². The van der Waals surface area contributed by atoms with Crippen LogP contribution >= 0.6 is 23.2 Å². The Balaban J connectivity index is 1.40. The molecule has 9 nitrogen and oxygen atoms in total. The van der Waals surface area contributed by atoms with E-state index < -0.39 is 10.0 Å². The van der Waals surface area contributed by atoms with E-state index in [1.54, 1.807) is 42.5 Å². The van der Waals surface area contributed by atoms with Crippen LogP contribution in [0.5, 0.6) is 0 Å². The maximum absolute atomic E-state index is 12.9. The van der Waals surface area contributed by atoms with Crippen LogP contribution < -0.4 is 11.1 Å². The van der Waals surface area contributed by atoms with Crippen molar-refractivity contribution in [2.75, 3.05) is 37.2 Å². The number of halogens is 2. The highest BCUT2D eigenvalue weighted by Gasteiger charge is 2.30. The van der Waals surface area contributed by atoms with Gasteiger partial charge in [0.25, 0.3) is 0 Å². The summed E-state index contributed by atoms with van der Waals surface area (Å²) in [6, 6.07) is 13.6. The second kappa shape index (κ2) is 9.55. The molecular weight excluding hydrogens is 473 g/mol. The number of hydrogen-bond acceptors (Lipinski definition) is 8. The molecule has 1 saturated heterocycles. The van der Waals surface area contributed by atoms with E-state index in [1.807, 2.05) is 0 Å². The Kier molecular flexibility index (Phi) is 6.77. The zero-order valence-electron chi connectivity index (χ0n) is 16.9. The first-order chi connectivity index (χ1) is 15.3. The maximum Gasteiger partial charge on any atom is 0.244 e. The second-order valence-corrected chi connectivity index (χ2v) is 9.93. The molecule has 2 aromatic carbocycles. The minimum atomic E-state index is -3.65. The molecule has 12 heteroatoms. The van der Waals surface area contributed by atoms with Gasteiger partial charge in [0.2, 0.25) is 21.9 Å². The number of nitrogens with zero attached hydrogens (tertiary/aromatic N) is 5. The van der Waals surface area contributed by atoms with E-state index in [1.165, 1.54) is 10.4 Å². The van der Waals surface area contributed by atoms with Crippen LogP contribution in [0.15, 0.2) is 53.4 Å². The zero-order valence-corrected chi connectivity index (χ0v) is 19.3. The molecule has 0 saturated carbocycles. The van der Waals surface area contributed by atoms with Gasteiger partial charge < -0.3 is 11.1 Å². The topological polar surface area (TPSA) is 117 Å². The van der Waals surface area contributed by atoms with Crippen molar-refractivity contribution in [3.8, 4) is 0 Å². The summed E-state index contributed by atoms with van der Waals surface area (Å²) in [5, 5.41) is 3.93. The number of nitrogen functional groups attached to an aromatic ring is 1. The average molecular weight is 494 g/mol. The lowest BCUT2D eigenvalue weighted by Gasteiger charge is -2.33. The van der Waals surface area contributed by atoms with Gasteiger partial charge in [0.1, 0.15) is 10.7 Å². The molecule has 0 radical (unpaired) electrons. The molecule has 0 bridgehead atoms. The largest absolute Gasteiger partial charge is 0.368 e. The van der Waals surface area contributed by atoms with Gasteiger partial charge in [0.05, 0.1) is 11.6 Å². The molecule has 4 rings (SSSR count). The van der Waals surface area contributed by atoms with Crippen LogP contribution in [0.3, 0.4) is 0 Å². The van der Waals surface area contributed by atoms with Gasteiger partial charge in [-0.15, -0.1) is 0 Å². The number of nitrogens with two attached hydrogens (primary N) is 1. The van der Waals surface area contributed by atoms with Gasteiger partial charge in [-0.1, -0.05) is 35.3 Å². The highest BCUT2D eigenvalue weighted by Crippen LogP contribution is 2.25. The highest BCUT2D eigenvalue weighted by atomic mass is 35.5. The molecule has 0 atom stereocenters. The zero-order chi connectivity index (χ0) is 22.7. The quantitative estimate of drug-likeness (QED) is 0.537. The van der Waals surface area contributed by atoms with Crippen molar-refractivity contribution < 1.29 is 8.42 Å². The summed E-state index contributed by atoms with van der Waals surface area (Å²) < 4.78 is 27.3. The molecule has 1 fully saturated rings. The van der Waals surface area contributed by atoms with Gasteiger partial charge in [0, 0.05) is 36.9 Å². The second-order valence-electron chi connectivity index (χ2n) is 7.18. The molecule has 1 aromatic heterocycles. The summed E-state index contributed by atoms with van der Waals surface area (Å²) in [6.45, 7) is 2.14. The summed E-state index contributed by atoms with van der Waals surface area (Å²) in [5.74, 6) is 0.928. The summed E-state index contributed by atoms with van der Waals surface area (Å²) in [5.41, 5.74) is 6.63. The fourth-order valence-corrected chi connectivity index (χ4v) is 5.39. The average Bonchev–Trinajstić information content (AvgIpc) is 2.75. The van der Waals surface area contributed by atoms with E-state index in [0.29, 0.717) is 49.5 Å². The number of benzene rings is 2. The number of hydrogen-bond donors (Lipinski definition) is 2. The molecule has 1 aliphatic rings. The monoisotopic (exact) mass is 493 g/mol. The Morgan fingerprint density at radius 3 is 2.31 bits per heavy atom. The minimum absolute atomic E-state index is 0.103. The normalized spacial score (nSPS) is 15.6. The van der Waals surface area contributed by atoms with E-state index in [-0.39, 0.29) is 15.9 Å². The Morgan fingerprint density at radius 1 is 0.938 bits per heavy atom. The van der Waals surface area contributed by atoms with Crippen molar-refractivity contribution in [3.63, 3.8) is 0 Å². The molecule has 0 aliphatic carbocycles. The third kappa shape index (κ3) is 5.28. The molecule has 0 spiro atoms. The van der Waals surface area contributed by atoms with Gasteiger partial charge in [-0.05, 0) is 36.4 Å². The lowest BCUT2D eigenvalue weighted by Crippen LogP contribution is -2.48. The number of piperazine rings is 1. The predicted octanol–water partition coefficient (Wildman–Crippen LogP) is 3.01. The van der Waals surface area contributed by atoms with Crippen molar-refractivity contribution in [2.24, 2.45) is 0 Å². The molecule has 3 aromatic rings.